The molecule has 0 heterocycles. The summed E-state index contributed by atoms with van der Waals surface area (Å²) in [5.74, 6) is 0.991. The third-order valence-electron chi connectivity index (χ3n) is 6.05. The molecule has 1 aromatic carbocycles. The van der Waals surface area contributed by atoms with E-state index in [0.717, 1.165) is 37.7 Å². The van der Waals surface area contributed by atoms with Gasteiger partial charge in [-0.1, -0.05) is 29.3 Å². The number of benzene rings is 1. The molecule has 3 nitrogen and oxygen atoms in total. The van der Waals surface area contributed by atoms with Gasteiger partial charge in [0.25, 0.3) is 0 Å². The Kier molecular flexibility index (Phi) is 4.10. The highest BCUT2D eigenvalue weighted by Crippen LogP contribution is 2.62. The van der Waals surface area contributed by atoms with Crippen molar-refractivity contribution >= 4 is 29.2 Å². The lowest BCUT2D eigenvalue weighted by Crippen LogP contribution is -2.56. The van der Waals surface area contributed by atoms with Crippen molar-refractivity contribution in [1.82, 2.24) is 0 Å². The van der Waals surface area contributed by atoms with Crippen LogP contribution in [0.2, 0.25) is 10.0 Å². The molecule has 130 valence electrons. The second kappa shape index (κ2) is 5.89. The van der Waals surface area contributed by atoms with Gasteiger partial charge in [0.1, 0.15) is 6.61 Å². The largest absolute Gasteiger partial charge is 0.461 e. The fourth-order valence-corrected chi connectivity index (χ4v) is 6.08. The molecule has 0 amide bonds. The summed E-state index contributed by atoms with van der Waals surface area (Å²) in [6.45, 7) is 0.211. The Morgan fingerprint density at radius 3 is 2.50 bits per heavy atom. The van der Waals surface area contributed by atoms with Crippen LogP contribution < -0.4 is 0 Å². The SMILES string of the molecule is O=C(CC12C[C@@H]3C[C@@H](CC(O)(C3)C1)C2)OCc1ccc(Cl)c(Cl)c1. The van der Waals surface area contributed by atoms with Crippen molar-refractivity contribution < 1.29 is 14.6 Å². The molecule has 0 aliphatic heterocycles. The minimum atomic E-state index is -0.534. The highest BCUT2D eigenvalue weighted by molar-refractivity contribution is 6.42. The Balaban J connectivity index is 1.38. The summed E-state index contributed by atoms with van der Waals surface area (Å²) in [4.78, 5) is 12.4. The number of carbonyl (C=O) groups excluding carboxylic acids is 1. The zero-order valence-corrected chi connectivity index (χ0v) is 15.1. The lowest BCUT2D eigenvalue weighted by atomic mass is 9.47. The summed E-state index contributed by atoms with van der Waals surface area (Å²) in [6.07, 6.45) is 6.37. The first-order valence-corrected chi connectivity index (χ1v) is 9.42. The molecule has 5 heteroatoms. The number of aliphatic hydroxyl groups is 1. The van der Waals surface area contributed by atoms with Gasteiger partial charge < -0.3 is 9.84 Å². The Hall–Kier alpha value is -0.770. The van der Waals surface area contributed by atoms with E-state index in [9.17, 15) is 9.90 Å². The Bertz CT molecular complexity index is 659. The maximum Gasteiger partial charge on any atom is 0.306 e. The molecule has 4 saturated carbocycles. The predicted molar refractivity (Wildman–Crippen MR) is 92.9 cm³/mol. The number of ether oxygens (including phenoxy) is 1. The van der Waals surface area contributed by atoms with Gasteiger partial charge in [0.15, 0.2) is 0 Å². The van der Waals surface area contributed by atoms with Crippen molar-refractivity contribution in [2.24, 2.45) is 17.3 Å². The average Bonchev–Trinajstić information content (AvgIpc) is 2.45. The standard InChI is InChI=1S/C19H22Cl2O3/c20-15-2-1-12(4-16(15)21)10-24-17(22)9-18-5-13-3-14(6-18)8-19(23,7-13)11-18/h1-2,4,13-14,23H,3,5-11H2/t13-,14+,18?,19?. The zero-order chi connectivity index (χ0) is 16.9. The normalized spacial score (nSPS) is 36.8. The average molecular weight is 369 g/mol. The molecule has 4 aliphatic carbocycles. The van der Waals surface area contributed by atoms with E-state index in [2.05, 4.69) is 0 Å². The molecule has 0 aromatic heterocycles. The van der Waals surface area contributed by atoms with Gasteiger partial charge in [0.2, 0.25) is 0 Å². The highest BCUT2D eigenvalue weighted by atomic mass is 35.5. The molecule has 0 spiro atoms. The van der Waals surface area contributed by atoms with E-state index in [1.807, 2.05) is 6.07 Å². The second-order valence-corrected chi connectivity index (χ2v) is 9.09. The summed E-state index contributed by atoms with van der Waals surface area (Å²) >= 11 is 11.9. The monoisotopic (exact) mass is 368 g/mol. The van der Waals surface area contributed by atoms with Gasteiger partial charge in [0.05, 0.1) is 22.1 Å². The fraction of sp³-hybridized carbons (Fsp3) is 0.632. The van der Waals surface area contributed by atoms with E-state index in [4.69, 9.17) is 27.9 Å². The molecule has 4 atom stereocenters. The number of halogens is 2. The molecule has 4 aliphatic rings. The lowest BCUT2D eigenvalue weighted by molar-refractivity contribution is -0.177. The molecule has 5 rings (SSSR count). The minimum absolute atomic E-state index is 0.0481. The number of carbonyl (C=O) groups is 1. The van der Waals surface area contributed by atoms with Crippen molar-refractivity contribution in [3.05, 3.63) is 33.8 Å². The number of rotatable bonds is 4. The van der Waals surface area contributed by atoms with Crippen LogP contribution in [0.3, 0.4) is 0 Å². The van der Waals surface area contributed by atoms with Crippen LogP contribution >= 0.6 is 23.2 Å². The number of esters is 1. The highest BCUT2D eigenvalue weighted by Gasteiger charge is 2.57. The number of hydrogen-bond acceptors (Lipinski definition) is 3. The van der Waals surface area contributed by atoms with Crippen LogP contribution in [-0.2, 0) is 16.1 Å². The third kappa shape index (κ3) is 3.18. The van der Waals surface area contributed by atoms with Crippen molar-refractivity contribution in [3.63, 3.8) is 0 Å². The van der Waals surface area contributed by atoms with E-state index in [1.54, 1.807) is 12.1 Å². The predicted octanol–water partition coefficient (Wildman–Crippen LogP) is 4.76. The van der Waals surface area contributed by atoms with E-state index in [-0.39, 0.29) is 18.0 Å². The summed E-state index contributed by atoms with van der Waals surface area (Å²) in [7, 11) is 0. The lowest BCUT2D eigenvalue weighted by Gasteiger charge is -2.60. The van der Waals surface area contributed by atoms with E-state index < -0.39 is 5.60 Å². The van der Waals surface area contributed by atoms with Gasteiger partial charge in [0, 0.05) is 0 Å². The molecule has 24 heavy (non-hydrogen) atoms. The van der Waals surface area contributed by atoms with Gasteiger partial charge in [-0.05, 0) is 73.5 Å². The third-order valence-corrected chi connectivity index (χ3v) is 6.79. The molecular weight excluding hydrogens is 347 g/mol. The van der Waals surface area contributed by atoms with Crippen LogP contribution in [0.25, 0.3) is 0 Å². The van der Waals surface area contributed by atoms with E-state index >= 15 is 0 Å². The van der Waals surface area contributed by atoms with Gasteiger partial charge in [-0.2, -0.15) is 0 Å². The quantitative estimate of drug-likeness (QED) is 0.779. The first-order valence-electron chi connectivity index (χ1n) is 8.67. The second-order valence-electron chi connectivity index (χ2n) is 8.27. The van der Waals surface area contributed by atoms with Crippen LogP contribution in [0.1, 0.15) is 50.5 Å². The first kappa shape index (κ1) is 16.7. The van der Waals surface area contributed by atoms with Crippen molar-refractivity contribution in [1.29, 1.82) is 0 Å². The smallest absolute Gasteiger partial charge is 0.306 e. The minimum Gasteiger partial charge on any atom is -0.461 e. The van der Waals surface area contributed by atoms with Crippen LogP contribution in [-0.4, -0.2) is 16.7 Å². The van der Waals surface area contributed by atoms with Gasteiger partial charge >= 0.3 is 5.97 Å². The molecule has 2 unspecified atom stereocenters. The molecule has 4 bridgehead atoms. The maximum atomic E-state index is 12.4. The van der Waals surface area contributed by atoms with Crippen molar-refractivity contribution in [3.8, 4) is 0 Å². The molecule has 0 radical (unpaired) electrons. The Morgan fingerprint density at radius 2 is 1.88 bits per heavy atom. The Labute approximate surface area is 152 Å². The molecule has 0 saturated heterocycles. The first-order chi connectivity index (χ1) is 11.3. The summed E-state index contributed by atoms with van der Waals surface area (Å²) in [5.41, 5.74) is 0.253. The van der Waals surface area contributed by atoms with Crippen LogP contribution in [0.4, 0.5) is 0 Å². The van der Waals surface area contributed by atoms with Crippen LogP contribution in [0.5, 0.6) is 0 Å². The summed E-state index contributed by atoms with van der Waals surface area (Å²) in [6, 6.07) is 5.25. The van der Waals surface area contributed by atoms with Crippen molar-refractivity contribution in [2.75, 3.05) is 0 Å². The maximum absolute atomic E-state index is 12.4. The summed E-state index contributed by atoms with van der Waals surface area (Å²) in [5, 5.41) is 11.7. The topological polar surface area (TPSA) is 46.5 Å². The van der Waals surface area contributed by atoms with E-state index in [1.165, 1.54) is 6.42 Å². The number of hydrogen-bond donors (Lipinski definition) is 1. The van der Waals surface area contributed by atoms with Gasteiger partial charge in [-0.15, -0.1) is 0 Å². The zero-order valence-electron chi connectivity index (χ0n) is 13.6. The van der Waals surface area contributed by atoms with Gasteiger partial charge in [-0.3, -0.25) is 4.79 Å². The van der Waals surface area contributed by atoms with Crippen molar-refractivity contribution in [2.45, 2.75) is 57.2 Å². The Morgan fingerprint density at radius 1 is 1.17 bits per heavy atom. The van der Waals surface area contributed by atoms with Gasteiger partial charge in [-0.25, -0.2) is 0 Å². The fourth-order valence-electron chi connectivity index (χ4n) is 5.76. The summed E-state index contributed by atoms with van der Waals surface area (Å²) < 4.78 is 5.47. The molecule has 1 N–H and O–H groups in total. The van der Waals surface area contributed by atoms with Crippen LogP contribution in [0.15, 0.2) is 18.2 Å². The molecule has 1 aromatic rings. The van der Waals surface area contributed by atoms with E-state index in [0.29, 0.717) is 28.3 Å². The van der Waals surface area contributed by atoms with Crippen LogP contribution in [0, 0.1) is 17.3 Å². The molecule has 4 fully saturated rings. The molecular formula is C19H22Cl2O3.